The molecule has 16 heavy (non-hydrogen) atoms. The van der Waals surface area contributed by atoms with E-state index in [1.807, 2.05) is 6.92 Å². The van der Waals surface area contributed by atoms with Gasteiger partial charge in [-0.15, -0.1) is 0 Å². The van der Waals surface area contributed by atoms with Crippen molar-refractivity contribution >= 4 is 0 Å². The highest BCUT2D eigenvalue weighted by Crippen LogP contribution is 2.28. The van der Waals surface area contributed by atoms with Gasteiger partial charge in [-0.1, -0.05) is 13.8 Å². The van der Waals surface area contributed by atoms with E-state index in [1.54, 1.807) is 18.0 Å². The van der Waals surface area contributed by atoms with E-state index in [2.05, 4.69) is 18.9 Å². The fourth-order valence-corrected chi connectivity index (χ4v) is 1.75. The summed E-state index contributed by atoms with van der Waals surface area (Å²) in [6.45, 7) is 7.06. The predicted molar refractivity (Wildman–Crippen MR) is 63.5 cm³/mol. The Morgan fingerprint density at radius 1 is 1.44 bits per heavy atom. The molecule has 0 fully saturated rings. The molecule has 0 aliphatic heterocycles. The van der Waals surface area contributed by atoms with E-state index in [1.165, 1.54) is 0 Å². The van der Waals surface area contributed by atoms with Crippen molar-refractivity contribution in [3.63, 3.8) is 0 Å². The Kier molecular flexibility index (Phi) is 4.80. The average Bonchev–Trinajstić information content (AvgIpc) is 2.68. The Labute approximate surface area is 97.2 Å². The lowest BCUT2D eigenvalue weighted by Crippen LogP contribution is -2.10. The number of methoxy groups -OCH3 is 1. The van der Waals surface area contributed by atoms with Crippen molar-refractivity contribution in [3.05, 3.63) is 11.9 Å². The van der Waals surface area contributed by atoms with E-state index < -0.39 is 6.10 Å². The van der Waals surface area contributed by atoms with Gasteiger partial charge < -0.3 is 9.84 Å². The van der Waals surface area contributed by atoms with Gasteiger partial charge in [0.05, 0.1) is 19.4 Å². The second kappa shape index (κ2) is 5.89. The van der Waals surface area contributed by atoms with E-state index in [0.717, 1.165) is 25.1 Å². The second-order valence-corrected chi connectivity index (χ2v) is 4.40. The summed E-state index contributed by atoms with van der Waals surface area (Å²) in [7, 11) is 1.61. The third kappa shape index (κ3) is 2.98. The number of ether oxygens (including phenoxy) is 1. The van der Waals surface area contributed by atoms with Gasteiger partial charge in [0.1, 0.15) is 5.69 Å². The summed E-state index contributed by atoms with van der Waals surface area (Å²) in [6.07, 6.45) is 2.93. The summed E-state index contributed by atoms with van der Waals surface area (Å²) in [5, 5.41) is 14.3. The summed E-state index contributed by atoms with van der Waals surface area (Å²) in [4.78, 5) is 0. The molecule has 0 aromatic carbocycles. The van der Waals surface area contributed by atoms with Crippen molar-refractivity contribution in [3.8, 4) is 5.75 Å². The van der Waals surface area contributed by atoms with Crippen LogP contribution in [-0.2, 0) is 6.54 Å². The van der Waals surface area contributed by atoms with Crippen molar-refractivity contribution in [2.24, 2.45) is 5.92 Å². The smallest absolute Gasteiger partial charge is 0.162 e. The van der Waals surface area contributed by atoms with Crippen LogP contribution in [0.3, 0.4) is 0 Å². The van der Waals surface area contributed by atoms with Gasteiger partial charge in [-0.2, -0.15) is 5.10 Å². The molecule has 1 atom stereocenters. The zero-order valence-corrected chi connectivity index (χ0v) is 10.6. The van der Waals surface area contributed by atoms with Gasteiger partial charge in [0.25, 0.3) is 0 Å². The Morgan fingerprint density at radius 2 is 2.12 bits per heavy atom. The summed E-state index contributed by atoms with van der Waals surface area (Å²) in [6, 6.07) is 0. The minimum absolute atomic E-state index is 0.486. The Balaban J connectivity index is 2.79. The summed E-state index contributed by atoms with van der Waals surface area (Å²) >= 11 is 0. The van der Waals surface area contributed by atoms with Crippen LogP contribution in [0.15, 0.2) is 6.20 Å². The highest BCUT2D eigenvalue weighted by atomic mass is 16.5. The molecule has 1 aromatic rings. The summed E-state index contributed by atoms with van der Waals surface area (Å²) in [5.41, 5.74) is 0.797. The molecule has 0 bridgehead atoms. The first kappa shape index (κ1) is 13.0. The largest absolute Gasteiger partial charge is 0.493 e. The van der Waals surface area contributed by atoms with Crippen LogP contribution in [0.5, 0.6) is 5.75 Å². The number of aliphatic hydroxyl groups is 1. The SMILES string of the molecule is CCn1ncc(OC)c1C(O)CCC(C)C. The number of aromatic nitrogens is 2. The molecule has 0 spiro atoms. The van der Waals surface area contributed by atoms with Crippen molar-refractivity contribution in [1.82, 2.24) is 9.78 Å². The van der Waals surface area contributed by atoms with Crippen LogP contribution < -0.4 is 4.74 Å². The zero-order chi connectivity index (χ0) is 12.1. The number of nitrogens with zero attached hydrogens (tertiary/aromatic N) is 2. The molecule has 4 heteroatoms. The summed E-state index contributed by atoms with van der Waals surface area (Å²) < 4.78 is 7.01. The number of hydrogen-bond donors (Lipinski definition) is 1. The zero-order valence-electron chi connectivity index (χ0n) is 10.6. The van der Waals surface area contributed by atoms with Crippen molar-refractivity contribution in [2.45, 2.75) is 46.3 Å². The molecule has 1 N–H and O–H groups in total. The van der Waals surface area contributed by atoms with Crippen LogP contribution in [0.1, 0.15) is 45.4 Å². The molecule has 0 saturated carbocycles. The molecule has 0 saturated heterocycles. The molecule has 0 radical (unpaired) electrons. The maximum absolute atomic E-state index is 10.1. The van der Waals surface area contributed by atoms with Crippen LogP contribution in [0, 0.1) is 5.92 Å². The topological polar surface area (TPSA) is 47.3 Å². The number of aryl methyl sites for hydroxylation is 1. The van der Waals surface area contributed by atoms with Crippen molar-refractivity contribution in [2.75, 3.05) is 7.11 Å². The van der Waals surface area contributed by atoms with Gasteiger partial charge in [-0.25, -0.2) is 0 Å². The van der Waals surface area contributed by atoms with Gasteiger partial charge >= 0.3 is 0 Å². The molecular weight excluding hydrogens is 204 g/mol. The van der Waals surface area contributed by atoms with Crippen molar-refractivity contribution in [1.29, 1.82) is 0 Å². The highest BCUT2D eigenvalue weighted by molar-refractivity contribution is 5.27. The number of rotatable bonds is 6. The molecule has 1 rings (SSSR count). The molecule has 0 aliphatic rings. The van der Waals surface area contributed by atoms with E-state index in [0.29, 0.717) is 11.7 Å². The highest BCUT2D eigenvalue weighted by Gasteiger charge is 2.19. The van der Waals surface area contributed by atoms with Gasteiger partial charge in [0, 0.05) is 6.54 Å². The van der Waals surface area contributed by atoms with E-state index >= 15 is 0 Å². The molecule has 92 valence electrons. The Morgan fingerprint density at radius 3 is 2.62 bits per heavy atom. The molecular formula is C12H22N2O2. The van der Waals surface area contributed by atoms with E-state index in [4.69, 9.17) is 4.74 Å². The Bertz CT molecular complexity index is 299. The fourth-order valence-electron chi connectivity index (χ4n) is 1.75. The number of aliphatic hydroxyl groups excluding tert-OH is 1. The molecule has 1 unspecified atom stereocenters. The van der Waals surface area contributed by atoms with E-state index in [-0.39, 0.29) is 0 Å². The van der Waals surface area contributed by atoms with Gasteiger partial charge in [0.15, 0.2) is 5.75 Å². The average molecular weight is 226 g/mol. The van der Waals surface area contributed by atoms with Gasteiger partial charge in [-0.05, 0) is 25.7 Å². The first-order chi connectivity index (χ1) is 7.60. The standard InChI is InChI=1S/C12H22N2O2/c1-5-14-12(11(16-4)8-13-14)10(15)7-6-9(2)3/h8-10,15H,5-7H2,1-4H3. The molecule has 1 aromatic heterocycles. The van der Waals surface area contributed by atoms with E-state index in [9.17, 15) is 5.11 Å². The molecule has 1 heterocycles. The third-order valence-electron chi connectivity index (χ3n) is 2.70. The second-order valence-electron chi connectivity index (χ2n) is 4.40. The van der Waals surface area contributed by atoms with Crippen LogP contribution in [0.2, 0.25) is 0 Å². The van der Waals surface area contributed by atoms with Crippen molar-refractivity contribution < 1.29 is 9.84 Å². The monoisotopic (exact) mass is 226 g/mol. The minimum atomic E-state index is -0.486. The minimum Gasteiger partial charge on any atom is -0.493 e. The normalized spacial score (nSPS) is 13.1. The van der Waals surface area contributed by atoms with Crippen LogP contribution in [0.25, 0.3) is 0 Å². The first-order valence-corrected chi connectivity index (χ1v) is 5.87. The first-order valence-electron chi connectivity index (χ1n) is 5.87. The fraction of sp³-hybridized carbons (Fsp3) is 0.750. The lowest BCUT2D eigenvalue weighted by Gasteiger charge is -2.15. The third-order valence-corrected chi connectivity index (χ3v) is 2.70. The van der Waals surface area contributed by atoms with Crippen LogP contribution >= 0.6 is 0 Å². The molecule has 4 nitrogen and oxygen atoms in total. The molecule has 0 aliphatic carbocycles. The van der Waals surface area contributed by atoms with Gasteiger partial charge in [0.2, 0.25) is 0 Å². The predicted octanol–water partition coefficient (Wildman–Crippen LogP) is 2.38. The maximum atomic E-state index is 10.1. The quantitative estimate of drug-likeness (QED) is 0.810. The van der Waals surface area contributed by atoms with Gasteiger partial charge in [-0.3, -0.25) is 4.68 Å². The lowest BCUT2D eigenvalue weighted by atomic mass is 10.0. The molecule has 0 amide bonds. The summed E-state index contributed by atoms with van der Waals surface area (Å²) in [5.74, 6) is 1.27. The maximum Gasteiger partial charge on any atom is 0.162 e. The van der Waals surface area contributed by atoms with Crippen LogP contribution in [-0.4, -0.2) is 22.0 Å². The number of hydrogen-bond acceptors (Lipinski definition) is 3. The van der Waals surface area contributed by atoms with Crippen LogP contribution in [0.4, 0.5) is 0 Å². The Hall–Kier alpha value is -1.03. The lowest BCUT2D eigenvalue weighted by molar-refractivity contribution is 0.145.